The zero-order valence-corrected chi connectivity index (χ0v) is 13.6. The van der Waals surface area contributed by atoms with Crippen LogP contribution in [0.15, 0.2) is 60.7 Å². The van der Waals surface area contributed by atoms with E-state index in [2.05, 4.69) is 5.32 Å². The van der Waals surface area contributed by atoms with E-state index in [4.69, 9.17) is 0 Å². The van der Waals surface area contributed by atoms with E-state index >= 15 is 0 Å². The average Bonchev–Trinajstić information content (AvgIpc) is 2.57. The zero-order chi connectivity index (χ0) is 16.7. The molecule has 0 bridgehead atoms. The standard InChI is InChI=1S/C18H18FNO2S/c1-14(18(21)20-17-12-6-5-11-16(17)19)23(22)13-7-10-15-8-3-2-4-9-15/h2-12,14H,13H2,1H3,(H,20,21)/b10-7+/t14-,23-/m1/s1. The minimum Gasteiger partial charge on any atom is -0.323 e. The van der Waals surface area contributed by atoms with Gasteiger partial charge in [-0.05, 0) is 24.6 Å². The normalized spacial score (nSPS) is 13.7. The summed E-state index contributed by atoms with van der Waals surface area (Å²) in [5.74, 6) is -0.704. The number of carbonyl (C=O) groups is 1. The molecule has 0 heterocycles. The third-order valence-corrected chi connectivity index (χ3v) is 4.79. The fraction of sp³-hybridized carbons (Fsp3) is 0.167. The number of hydrogen-bond donors (Lipinski definition) is 1. The molecule has 23 heavy (non-hydrogen) atoms. The molecule has 5 heteroatoms. The number of anilines is 1. The van der Waals surface area contributed by atoms with Gasteiger partial charge in [0.05, 0.1) is 5.69 Å². The van der Waals surface area contributed by atoms with Gasteiger partial charge in [-0.15, -0.1) is 0 Å². The van der Waals surface area contributed by atoms with Crippen molar-refractivity contribution in [2.75, 3.05) is 11.1 Å². The summed E-state index contributed by atoms with van der Waals surface area (Å²) in [5, 5.41) is 1.74. The molecule has 0 fully saturated rings. The number of amides is 1. The van der Waals surface area contributed by atoms with Gasteiger partial charge in [-0.1, -0.05) is 54.6 Å². The molecule has 0 aromatic heterocycles. The fourth-order valence-electron chi connectivity index (χ4n) is 1.90. The van der Waals surface area contributed by atoms with Crippen LogP contribution in [0, 0.1) is 5.82 Å². The van der Waals surface area contributed by atoms with Gasteiger partial charge in [-0.2, -0.15) is 0 Å². The lowest BCUT2D eigenvalue weighted by molar-refractivity contribution is -0.115. The Hall–Kier alpha value is -2.27. The first-order valence-corrected chi connectivity index (χ1v) is 8.60. The molecule has 1 amide bonds. The molecule has 0 unspecified atom stereocenters. The summed E-state index contributed by atoms with van der Waals surface area (Å²) in [5.41, 5.74) is 1.11. The molecular weight excluding hydrogens is 313 g/mol. The van der Waals surface area contributed by atoms with E-state index in [1.54, 1.807) is 25.1 Å². The number of hydrogen-bond acceptors (Lipinski definition) is 2. The first-order chi connectivity index (χ1) is 11.1. The number of rotatable bonds is 6. The molecule has 2 atom stereocenters. The summed E-state index contributed by atoms with van der Waals surface area (Å²) in [7, 11) is -1.37. The smallest absolute Gasteiger partial charge is 0.239 e. The predicted molar refractivity (Wildman–Crippen MR) is 93.0 cm³/mol. The number of nitrogens with one attached hydrogen (secondary N) is 1. The Morgan fingerprint density at radius 1 is 1.17 bits per heavy atom. The second-order valence-corrected chi connectivity index (χ2v) is 6.77. The minimum atomic E-state index is -1.37. The molecule has 0 aliphatic heterocycles. The van der Waals surface area contributed by atoms with Crippen molar-refractivity contribution < 1.29 is 13.4 Å². The minimum absolute atomic E-state index is 0.0983. The SMILES string of the molecule is C[C@H](C(=O)Nc1ccccc1F)[S@](=O)C/C=C/c1ccccc1. The van der Waals surface area contributed by atoms with Crippen LogP contribution in [0.3, 0.4) is 0 Å². The van der Waals surface area contributed by atoms with Crippen LogP contribution in [0.2, 0.25) is 0 Å². The maximum absolute atomic E-state index is 13.5. The van der Waals surface area contributed by atoms with Gasteiger partial charge < -0.3 is 5.32 Å². The molecule has 0 saturated heterocycles. The molecule has 120 valence electrons. The van der Waals surface area contributed by atoms with Gasteiger partial charge >= 0.3 is 0 Å². The van der Waals surface area contributed by atoms with E-state index in [1.165, 1.54) is 12.1 Å². The third kappa shape index (κ3) is 5.14. The molecule has 0 aliphatic carbocycles. The Labute approximate surface area is 137 Å². The molecule has 0 aliphatic rings. The highest BCUT2D eigenvalue weighted by Crippen LogP contribution is 2.13. The number of benzene rings is 2. The molecule has 3 nitrogen and oxygen atoms in total. The molecular formula is C18H18FNO2S. The fourth-order valence-corrected chi connectivity index (χ4v) is 2.78. The molecule has 2 rings (SSSR count). The van der Waals surface area contributed by atoms with Crippen LogP contribution in [0.5, 0.6) is 0 Å². The van der Waals surface area contributed by atoms with Crippen LogP contribution in [0.1, 0.15) is 12.5 Å². The maximum Gasteiger partial charge on any atom is 0.239 e. The van der Waals surface area contributed by atoms with E-state index in [0.717, 1.165) is 5.56 Å². The first-order valence-electron chi connectivity index (χ1n) is 7.22. The van der Waals surface area contributed by atoms with Crippen molar-refractivity contribution in [2.45, 2.75) is 12.2 Å². The molecule has 0 saturated carbocycles. The topological polar surface area (TPSA) is 46.2 Å². The van der Waals surface area contributed by atoms with Gasteiger partial charge in [0, 0.05) is 16.6 Å². The molecule has 0 radical (unpaired) electrons. The largest absolute Gasteiger partial charge is 0.323 e. The Morgan fingerprint density at radius 3 is 2.52 bits per heavy atom. The Balaban J connectivity index is 1.90. The summed E-state index contributed by atoms with van der Waals surface area (Å²) in [6.45, 7) is 1.57. The van der Waals surface area contributed by atoms with Crippen LogP contribution in [-0.2, 0) is 15.6 Å². The quantitative estimate of drug-likeness (QED) is 0.879. The van der Waals surface area contributed by atoms with Gasteiger partial charge in [0.15, 0.2) is 0 Å². The highest BCUT2D eigenvalue weighted by atomic mass is 32.2. The van der Waals surface area contributed by atoms with Crippen LogP contribution >= 0.6 is 0 Å². The number of para-hydroxylation sites is 1. The highest BCUT2D eigenvalue weighted by molar-refractivity contribution is 7.86. The third-order valence-electron chi connectivity index (χ3n) is 3.27. The lowest BCUT2D eigenvalue weighted by Crippen LogP contribution is -2.30. The van der Waals surface area contributed by atoms with E-state index in [1.807, 2.05) is 36.4 Å². The van der Waals surface area contributed by atoms with E-state index < -0.39 is 27.8 Å². The van der Waals surface area contributed by atoms with E-state index in [-0.39, 0.29) is 11.4 Å². The Morgan fingerprint density at radius 2 is 1.83 bits per heavy atom. The van der Waals surface area contributed by atoms with E-state index in [9.17, 15) is 13.4 Å². The van der Waals surface area contributed by atoms with Crippen molar-refractivity contribution >= 4 is 28.5 Å². The van der Waals surface area contributed by atoms with Crippen molar-refractivity contribution in [3.05, 3.63) is 72.1 Å². The van der Waals surface area contributed by atoms with Crippen molar-refractivity contribution in [1.29, 1.82) is 0 Å². The Kier molecular flexibility index (Phi) is 6.23. The van der Waals surface area contributed by atoms with Gasteiger partial charge in [0.2, 0.25) is 5.91 Å². The lowest BCUT2D eigenvalue weighted by Gasteiger charge is -2.11. The first kappa shape index (κ1) is 17.1. The summed E-state index contributed by atoms with van der Waals surface area (Å²) in [4.78, 5) is 12.0. The van der Waals surface area contributed by atoms with Gasteiger partial charge in [-0.3, -0.25) is 9.00 Å². The van der Waals surface area contributed by atoms with E-state index in [0.29, 0.717) is 0 Å². The zero-order valence-electron chi connectivity index (χ0n) is 12.7. The predicted octanol–water partition coefficient (Wildman–Crippen LogP) is 3.61. The van der Waals surface area contributed by atoms with Crippen LogP contribution in [-0.4, -0.2) is 21.1 Å². The molecule has 0 spiro atoms. The molecule has 2 aromatic rings. The van der Waals surface area contributed by atoms with Crippen molar-refractivity contribution in [2.24, 2.45) is 0 Å². The molecule has 2 aromatic carbocycles. The average molecular weight is 331 g/mol. The van der Waals surface area contributed by atoms with Crippen molar-refractivity contribution in [3.8, 4) is 0 Å². The van der Waals surface area contributed by atoms with Crippen LogP contribution in [0.4, 0.5) is 10.1 Å². The highest BCUT2D eigenvalue weighted by Gasteiger charge is 2.19. The van der Waals surface area contributed by atoms with Gasteiger partial charge in [-0.25, -0.2) is 4.39 Å². The van der Waals surface area contributed by atoms with Gasteiger partial charge in [0.1, 0.15) is 11.1 Å². The molecule has 1 N–H and O–H groups in total. The summed E-state index contributed by atoms with van der Waals surface area (Å²) in [6, 6.07) is 15.5. The maximum atomic E-state index is 13.5. The second-order valence-electron chi connectivity index (χ2n) is 4.97. The monoisotopic (exact) mass is 331 g/mol. The van der Waals surface area contributed by atoms with Gasteiger partial charge in [0.25, 0.3) is 0 Å². The Bertz CT molecular complexity index is 716. The lowest BCUT2D eigenvalue weighted by atomic mass is 10.2. The summed E-state index contributed by atoms with van der Waals surface area (Å²) >= 11 is 0. The summed E-state index contributed by atoms with van der Waals surface area (Å²) in [6.07, 6.45) is 3.64. The van der Waals surface area contributed by atoms with Crippen molar-refractivity contribution in [1.82, 2.24) is 0 Å². The van der Waals surface area contributed by atoms with Crippen LogP contribution in [0.25, 0.3) is 6.08 Å². The van der Waals surface area contributed by atoms with Crippen LogP contribution < -0.4 is 5.32 Å². The number of carbonyl (C=O) groups excluding carboxylic acids is 1. The number of halogens is 1. The second kappa shape index (κ2) is 8.39. The van der Waals surface area contributed by atoms with Crippen molar-refractivity contribution in [3.63, 3.8) is 0 Å². The summed E-state index contributed by atoms with van der Waals surface area (Å²) < 4.78 is 25.7.